The van der Waals surface area contributed by atoms with E-state index in [0.717, 1.165) is 6.20 Å². The summed E-state index contributed by atoms with van der Waals surface area (Å²) in [6.45, 7) is 0. The minimum atomic E-state index is -4.95. The maximum absolute atomic E-state index is 12.6. The first-order chi connectivity index (χ1) is 7.76. The summed E-state index contributed by atoms with van der Waals surface area (Å²) in [6, 6.07) is 0. The molecule has 0 saturated carbocycles. The molecule has 0 aromatic carbocycles. The van der Waals surface area contributed by atoms with Crippen LogP contribution < -0.4 is 4.74 Å². The number of hydrogen-bond acceptors (Lipinski definition) is 2. The summed E-state index contributed by atoms with van der Waals surface area (Å²) < 4.78 is 64.4. The van der Waals surface area contributed by atoms with Gasteiger partial charge < -0.3 is 4.74 Å². The molecule has 1 aromatic heterocycles. The zero-order valence-electron chi connectivity index (χ0n) is 7.86. The average molecular weight is 387 g/mol. The Balaban J connectivity index is 3.23. The highest BCUT2D eigenvalue weighted by Gasteiger charge is 2.33. The van der Waals surface area contributed by atoms with E-state index in [2.05, 4.69) is 9.72 Å². The monoisotopic (exact) mass is 387 g/mol. The van der Waals surface area contributed by atoms with Crippen LogP contribution in [0.25, 0.3) is 0 Å². The zero-order valence-corrected chi connectivity index (χ0v) is 10.8. The Bertz CT molecular complexity index is 412. The number of alkyl halides is 6. The van der Waals surface area contributed by atoms with Crippen molar-refractivity contribution in [2.75, 3.05) is 0 Å². The van der Waals surface area contributed by atoms with Gasteiger partial charge in [-0.25, -0.2) is 8.78 Å². The van der Waals surface area contributed by atoms with Crippen LogP contribution >= 0.6 is 34.2 Å². The molecule has 0 unspecified atom stereocenters. The number of halogens is 7. The standard InChI is InChI=1S/C8H4ClF5INO/c9-1-3-5(7(10)11)6(15)4(2-16-3)17-8(12,13)14/h2,7H,1H2. The van der Waals surface area contributed by atoms with Crippen molar-refractivity contribution in [3.63, 3.8) is 0 Å². The molecule has 1 rings (SSSR count). The summed E-state index contributed by atoms with van der Waals surface area (Å²) in [4.78, 5) is 3.42. The molecule has 0 aliphatic heterocycles. The lowest BCUT2D eigenvalue weighted by atomic mass is 10.2. The molecule has 0 N–H and O–H groups in total. The van der Waals surface area contributed by atoms with Gasteiger partial charge in [0.05, 0.1) is 26.9 Å². The molecule has 1 heterocycles. The summed E-state index contributed by atoms with van der Waals surface area (Å²) in [5, 5.41) is 0. The van der Waals surface area contributed by atoms with Gasteiger partial charge in [-0.05, 0) is 22.6 Å². The van der Waals surface area contributed by atoms with Crippen molar-refractivity contribution in [1.29, 1.82) is 0 Å². The fraction of sp³-hybridized carbons (Fsp3) is 0.375. The number of ether oxygens (including phenoxy) is 1. The first kappa shape index (κ1) is 14.7. The molecule has 1 aromatic rings. The second-order valence-electron chi connectivity index (χ2n) is 2.78. The Hall–Kier alpha value is -0.380. The minimum Gasteiger partial charge on any atom is -0.403 e. The lowest BCUT2D eigenvalue weighted by molar-refractivity contribution is -0.275. The molecule has 0 atom stereocenters. The molecule has 0 saturated heterocycles. The highest BCUT2D eigenvalue weighted by molar-refractivity contribution is 14.1. The number of aromatic nitrogens is 1. The predicted octanol–water partition coefficient (Wildman–Crippen LogP) is 4.26. The van der Waals surface area contributed by atoms with Gasteiger partial charge in [0, 0.05) is 0 Å². The minimum absolute atomic E-state index is 0.166. The highest BCUT2D eigenvalue weighted by atomic mass is 127. The van der Waals surface area contributed by atoms with Gasteiger partial charge in [0.15, 0.2) is 5.75 Å². The first-order valence-electron chi connectivity index (χ1n) is 4.03. The van der Waals surface area contributed by atoms with E-state index in [-0.39, 0.29) is 15.1 Å². The van der Waals surface area contributed by atoms with Gasteiger partial charge in [0.1, 0.15) is 0 Å². The van der Waals surface area contributed by atoms with Gasteiger partial charge >= 0.3 is 6.36 Å². The molecule has 0 fully saturated rings. The molecule has 0 radical (unpaired) electrons. The van der Waals surface area contributed by atoms with E-state index in [0.29, 0.717) is 0 Å². The first-order valence-corrected chi connectivity index (χ1v) is 5.64. The van der Waals surface area contributed by atoms with Crippen LogP contribution in [0.4, 0.5) is 22.0 Å². The highest BCUT2D eigenvalue weighted by Crippen LogP contribution is 2.35. The molecular weight excluding hydrogens is 383 g/mol. The molecular formula is C8H4ClF5INO. The van der Waals surface area contributed by atoms with Gasteiger partial charge in [-0.3, -0.25) is 4.98 Å². The SMILES string of the molecule is FC(F)c1c(CCl)ncc(OC(F)(F)F)c1I. The van der Waals surface area contributed by atoms with Gasteiger partial charge in [-0.2, -0.15) is 0 Å². The predicted molar refractivity (Wildman–Crippen MR) is 58.2 cm³/mol. The van der Waals surface area contributed by atoms with Crippen LogP contribution in [0, 0.1) is 3.57 Å². The summed E-state index contributed by atoms with van der Waals surface area (Å²) in [5.74, 6) is -1.08. The fourth-order valence-electron chi connectivity index (χ4n) is 1.05. The second-order valence-corrected chi connectivity index (χ2v) is 4.12. The number of nitrogens with zero attached hydrogens (tertiary/aromatic N) is 1. The van der Waals surface area contributed by atoms with Crippen LogP contribution in [0.1, 0.15) is 17.7 Å². The third-order valence-electron chi connectivity index (χ3n) is 1.67. The van der Waals surface area contributed by atoms with Crippen LogP contribution in [0.5, 0.6) is 5.75 Å². The molecule has 17 heavy (non-hydrogen) atoms. The van der Waals surface area contributed by atoms with Crippen molar-refractivity contribution in [3.05, 3.63) is 21.0 Å². The van der Waals surface area contributed by atoms with Crippen molar-refractivity contribution in [2.45, 2.75) is 18.7 Å². The average Bonchev–Trinajstić information content (AvgIpc) is 2.18. The Morgan fingerprint density at radius 3 is 2.41 bits per heavy atom. The lowest BCUT2D eigenvalue weighted by Gasteiger charge is -2.14. The van der Waals surface area contributed by atoms with Crippen LogP contribution in [0.3, 0.4) is 0 Å². The third kappa shape index (κ3) is 3.80. The van der Waals surface area contributed by atoms with E-state index < -0.39 is 24.1 Å². The molecule has 96 valence electrons. The van der Waals surface area contributed by atoms with Crippen molar-refractivity contribution in [3.8, 4) is 5.75 Å². The Morgan fingerprint density at radius 1 is 1.41 bits per heavy atom. The van der Waals surface area contributed by atoms with Gasteiger partial charge in [0.2, 0.25) is 0 Å². The van der Waals surface area contributed by atoms with Crippen LogP contribution in [-0.2, 0) is 5.88 Å². The van der Waals surface area contributed by atoms with E-state index in [1.807, 2.05) is 0 Å². The van der Waals surface area contributed by atoms with Gasteiger partial charge in [0.25, 0.3) is 6.43 Å². The quantitative estimate of drug-likeness (QED) is 0.439. The topological polar surface area (TPSA) is 22.1 Å². The van der Waals surface area contributed by atoms with Gasteiger partial charge in [-0.15, -0.1) is 24.8 Å². The van der Waals surface area contributed by atoms with Crippen LogP contribution in [-0.4, -0.2) is 11.3 Å². The zero-order chi connectivity index (χ0) is 13.2. The van der Waals surface area contributed by atoms with E-state index >= 15 is 0 Å². The molecule has 9 heteroatoms. The number of hydrogen-bond donors (Lipinski definition) is 0. The molecule has 0 bridgehead atoms. The van der Waals surface area contributed by atoms with Crippen LogP contribution in [0.2, 0.25) is 0 Å². The summed E-state index contributed by atoms with van der Waals surface area (Å²) in [6.07, 6.45) is -7.21. The maximum Gasteiger partial charge on any atom is 0.573 e. The van der Waals surface area contributed by atoms with Crippen molar-refractivity contribution in [1.82, 2.24) is 4.98 Å². The second kappa shape index (κ2) is 5.51. The summed E-state index contributed by atoms with van der Waals surface area (Å²) in [7, 11) is 0. The fourth-order valence-corrected chi connectivity index (χ4v) is 2.06. The molecule has 0 aliphatic carbocycles. The van der Waals surface area contributed by atoms with E-state index in [9.17, 15) is 22.0 Å². The number of pyridine rings is 1. The van der Waals surface area contributed by atoms with E-state index in [1.54, 1.807) is 0 Å². The molecule has 0 spiro atoms. The molecule has 0 aliphatic rings. The van der Waals surface area contributed by atoms with Crippen molar-refractivity contribution < 1.29 is 26.7 Å². The number of rotatable bonds is 3. The van der Waals surface area contributed by atoms with Gasteiger partial charge in [-0.1, -0.05) is 0 Å². The molecule has 2 nitrogen and oxygen atoms in total. The van der Waals surface area contributed by atoms with Crippen molar-refractivity contribution >= 4 is 34.2 Å². The summed E-state index contributed by atoms with van der Waals surface area (Å²) >= 11 is 6.71. The Morgan fingerprint density at radius 2 is 2.00 bits per heavy atom. The summed E-state index contributed by atoms with van der Waals surface area (Å²) in [5.41, 5.74) is -0.803. The smallest absolute Gasteiger partial charge is 0.403 e. The van der Waals surface area contributed by atoms with E-state index in [4.69, 9.17) is 11.6 Å². The molecule has 0 amide bonds. The Labute approximate surface area is 111 Å². The van der Waals surface area contributed by atoms with Crippen LogP contribution in [0.15, 0.2) is 6.20 Å². The van der Waals surface area contributed by atoms with E-state index in [1.165, 1.54) is 22.6 Å². The maximum atomic E-state index is 12.6. The van der Waals surface area contributed by atoms with Crippen molar-refractivity contribution in [2.24, 2.45) is 0 Å². The normalized spacial score (nSPS) is 12.0. The largest absolute Gasteiger partial charge is 0.573 e. The lowest BCUT2D eigenvalue weighted by Crippen LogP contribution is -2.19. The third-order valence-corrected chi connectivity index (χ3v) is 3.04. The Kier molecular flexibility index (Phi) is 4.76.